The molecular weight excluding hydrogens is 194 g/mol. The van der Waals surface area contributed by atoms with E-state index in [1.165, 1.54) is 13.2 Å². The van der Waals surface area contributed by atoms with Crippen molar-refractivity contribution in [3.8, 4) is 6.07 Å². The molecule has 0 atom stereocenters. The minimum Gasteiger partial charge on any atom is -0.465 e. The van der Waals surface area contributed by atoms with Crippen LogP contribution in [0.4, 0.5) is 0 Å². The maximum Gasteiger partial charge on any atom is 0.338 e. The van der Waals surface area contributed by atoms with Crippen LogP contribution in [-0.2, 0) is 11.3 Å². The summed E-state index contributed by atoms with van der Waals surface area (Å²) in [5.74, 6) is -0.466. The Morgan fingerprint density at radius 3 is 2.73 bits per heavy atom. The molecule has 4 nitrogen and oxygen atoms in total. The lowest BCUT2D eigenvalue weighted by molar-refractivity contribution is 0.0599. The van der Waals surface area contributed by atoms with Gasteiger partial charge in [0.25, 0.3) is 0 Å². The highest BCUT2D eigenvalue weighted by Gasteiger charge is 2.12. The molecule has 15 heavy (non-hydrogen) atoms. The van der Waals surface area contributed by atoms with Gasteiger partial charge in [0.1, 0.15) is 0 Å². The van der Waals surface area contributed by atoms with Crippen LogP contribution in [-0.4, -0.2) is 18.2 Å². The molecule has 1 N–H and O–H groups in total. The molecule has 0 radical (unpaired) electrons. The molecule has 0 aliphatic heterocycles. The first-order valence-corrected chi connectivity index (χ1v) is 4.36. The second kappa shape index (κ2) is 4.58. The number of nitrogens with zero attached hydrogens (tertiary/aromatic N) is 1. The molecule has 1 rings (SSSR count). The molecule has 0 bridgehead atoms. The Bertz CT molecular complexity index is 432. The fraction of sp³-hybridized carbons (Fsp3) is 0.273. The Balaban J connectivity index is 3.33. The van der Waals surface area contributed by atoms with Crippen molar-refractivity contribution in [2.24, 2.45) is 0 Å². The van der Waals surface area contributed by atoms with Crippen molar-refractivity contribution in [1.82, 2.24) is 0 Å². The molecular formula is C11H11NO3. The van der Waals surface area contributed by atoms with Crippen LogP contribution in [0.15, 0.2) is 12.1 Å². The van der Waals surface area contributed by atoms with E-state index in [1.807, 2.05) is 6.07 Å². The standard InChI is InChI=1S/C11H11NO3/c1-7-3-8(5-12)9(6-13)4-10(7)11(14)15-2/h3-4,13H,6H2,1-2H3. The van der Waals surface area contributed by atoms with E-state index in [0.717, 1.165) is 0 Å². The Kier molecular flexibility index (Phi) is 3.42. The number of hydrogen-bond donors (Lipinski definition) is 1. The van der Waals surface area contributed by atoms with Crippen molar-refractivity contribution < 1.29 is 14.6 Å². The maximum absolute atomic E-state index is 11.3. The number of methoxy groups -OCH3 is 1. The van der Waals surface area contributed by atoms with E-state index >= 15 is 0 Å². The zero-order valence-electron chi connectivity index (χ0n) is 8.57. The molecule has 0 aromatic heterocycles. The predicted octanol–water partition coefficient (Wildman–Crippen LogP) is 1.15. The van der Waals surface area contributed by atoms with E-state index in [4.69, 9.17) is 10.4 Å². The largest absolute Gasteiger partial charge is 0.465 e. The van der Waals surface area contributed by atoms with Crippen LogP contribution in [0.1, 0.15) is 27.0 Å². The van der Waals surface area contributed by atoms with Crippen molar-refractivity contribution >= 4 is 5.97 Å². The van der Waals surface area contributed by atoms with Crippen molar-refractivity contribution in [2.75, 3.05) is 7.11 Å². The van der Waals surface area contributed by atoms with Gasteiger partial charge in [0.15, 0.2) is 0 Å². The van der Waals surface area contributed by atoms with Gasteiger partial charge in [-0.25, -0.2) is 4.79 Å². The van der Waals surface area contributed by atoms with Crippen molar-refractivity contribution in [3.05, 3.63) is 34.4 Å². The van der Waals surface area contributed by atoms with Gasteiger partial charge in [0.2, 0.25) is 0 Å². The molecule has 0 unspecified atom stereocenters. The summed E-state index contributed by atoms with van der Waals surface area (Å²) in [7, 11) is 1.29. The van der Waals surface area contributed by atoms with Crippen LogP contribution in [0, 0.1) is 18.3 Å². The van der Waals surface area contributed by atoms with Gasteiger partial charge in [0.05, 0.1) is 30.9 Å². The lowest BCUT2D eigenvalue weighted by Crippen LogP contribution is -2.06. The Morgan fingerprint density at radius 2 is 2.27 bits per heavy atom. The van der Waals surface area contributed by atoms with E-state index in [2.05, 4.69) is 4.74 Å². The maximum atomic E-state index is 11.3. The molecule has 0 saturated carbocycles. The average Bonchev–Trinajstić information content (AvgIpc) is 2.27. The quantitative estimate of drug-likeness (QED) is 0.735. The van der Waals surface area contributed by atoms with E-state index in [-0.39, 0.29) is 6.61 Å². The third-order valence-corrected chi connectivity index (χ3v) is 2.15. The number of aryl methyl sites for hydroxylation is 1. The van der Waals surface area contributed by atoms with Crippen LogP contribution in [0.5, 0.6) is 0 Å². The number of aliphatic hydroxyl groups is 1. The van der Waals surface area contributed by atoms with Gasteiger partial charge in [-0.1, -0.05) is 0 Å². The molecule has 0 spiro atoms. The third kappa shape index (κ3) is 2.14. The molecule has 0 saturated heterocycles. The molecule has 4 heteroatoms. The van der Waals surface area contributed by atoms with Crippen LogP contribution in [0.2, 0.25) is 0 Å². The highest BCUT2D eigenvalue weighted by Crippen LogP contribution is 2.17. The van der Waals surface area contributed by atoms with Gasteiger partial charge in [0, 0.05) is 0 Å². The molecule has 0 aliphatic carbocycles. The number of esters is 1. The molecule has 0 aliphatic rings. The Morgan fingerprint density at radius 1 is 1.60 bits per heavy atom. The summed E-state index contributed by atoms with van der Waals surface area (Å²) in [6, 6.07) is 5.01. The SMILES string of the molecule is COC(=O)c1cc(CO)c(C#N)cc1C. The van der Waals surface area contributed by atoms with Gasteiger partial charge < -0.3 is 9.84 Å². The summed E-state index contributed by atoms with van der Waals surface area (Å²) in [4.78, 5) is 11.3. The monoisotopic (exact) mass is 205 g/mol. The van der Waals surface area contributed by atoms with Crippen molar-refractivity contribution in [2.45, 2.75) is 13.5 Å². The molecule has 0 fully saturated rings. The molecule has 1 aromatic carbocycles. The second-order valence-corrected chi connectivity index (χ2v) is 3.09. The summed E-state index contributed by atoms with van der Waals surface area (Å²) in [6.45, 7) is 1.45. The zero-order chi connectivity index (χ0) is 11.4. The first kappa shape index (κ1) is 11.2. The van der Waals surface area contributed by atoms with Gasteiger partial charge >= 0.3 is 5.97 Å². The fourth-order valence-corrected chi connectivity index (χ4v) is 1.32. The number of rotatable bonds is 2. The molecule has 78 valence electrons. The minimum absolute atomic E-state index is 0.271. The highest BCUT2D eigenvalue weighted by atomic mass is 16.5. The van der Waals surface area contributed by atoms with Gasteiger partial charge in [-0.2, -0.15) is 5.26 Å². The smallest absolute Gasteiger partial charge is 0.338 e. The summed E-state index contributed by atoms with van der Waals surface area (Å²) in [5.41, 5.74) is 1.85. The van der Waals surface area contributed by atoms with Crippen molar-refractivity contribution in [3.63, 3.8) is 0 Å². The first-order chi connectivity index (χ1) is 7.13. The number of ether oxygens (including phenoxy) is 1. The lowest BCUT2D eigenvalue weighted by atomic mass is 10.0. The van der Waals surface area contributed by atoms with E-state index in [1.54, 1.807) is 13.0 Å². The Hall–Kier alpha value is -1.86. The molecule has 0 heterocycles. The zero-order valence-corrected chi connectivity index (χ0v) is 8.57. The van der Waals surface area contributed by atoms with E-state index < -0.39 is 5.97 Å². The van der Waals surface area contributed by atoms with Crippen molar-refractivity contribution in [1.29, 1.82) is 5.26 Å². The number of nitriles is 1. The third-order valence-electron chi connectivity index (χ3n) is 2.15. The summed E-state index contributed by atoms with van der Waals surface area (Å²) < 4.78 is 4.59. The van der Waals surface area contributed by atoms with Crippen LogP contribution < -0.4 is 0 Å². The minimum atomic E-state index is -0.466. The summed E-state index contributed by atoms with van der Waals surface area (Å²) in [5, 5.41) is 17.8. The van der Waals surface area contributed by atoms with E-state index in [9.17, 15) is 4.79 Å². The predicted molar refractivity (Wildman–Crippen MR) is 53.2 cm³/mol. The van der Waals surface area contributed by atoms with Crippen LogP contribution in [0.3, 0.4) is 0 Å². The summed E-state index contributed by atoms with van der Waals surface area (Å²) in [6.07, 6.45) is 0. The number of aliphatic hydroxyl groups excluding tert-OH is 1. The van der Waals surface area contributed by atoms with Gasteiger partial charge in [-0.15, -0.1) is 0 Å². The fourth-order valence-electron chi connectivity index (χ4n) is 1.32. The summed E-state index contributed by atoms with van der Waals surface area (Å²) >= 11 is 0. The lowest BCUT2D eigenvalue weighted by Gasteiger charge is -2.07. The van der Waals surface area contributed by atoms with Gasteiger partial charge in [-0.3, -0.25) is 0 Å². The van der Waals surface area contributed by atoms with Gasteiger partial charge in [-0.05, 0) is 30.2 Å². The average molecular weight is 205 g/mol. The number of carbonyl (C=O) groups excluding carboxylic acids is 1. The number of carbonyl (C=O) groups is 1. The molecule has 1 aromatic rings. The normalized spacial score (nSPS) is 9.47. The Labute approximate surface area is 87.7 Å². The second-order valence-electron chi connectivity index (χ2n) is 3.09. The van der Waals surface area contributed by atoms with Crippen LogP contribution in [0.25, 0.3) is 0 Å². The number of benzene rings is 1. The highest BCUT2D eigenvalue weighted by molar-refractivity contribution is 5.91. The first-order valence-electron chi connectivity index (χ1n) is 4.36. The van der Waals surface area contributed by atoms with Crippen LogP contribution >= 0.6 is 0 Å². The molecule has 0 amide bonds. The van der Waals surface area contributed by atoms with E-state index in [0.29, 0.717) is 22.3 Å². The topological polar surface area (TPSA) is 70.3 Å². The number of hydrogen-bond acceptors (Lipinski definition) is 4.